The molecule has 1 fully saturated rings. The fourth-order valence-electron chi connectivity index (χ4n) is 2.51. The lowest BCUT2D eigenvalue weighted by molar-refractivity contribution is -0.120. The second-order valence-electron chi connectivity index (χ2n) is 6.22. The van der Waals surface area contributed by atoms with Crippen molar-refractivity contribution in [1.29, 1.82) is 0 Å². The van der Waals surface area contributed by atoms with Crippen molar-refractivity contribution in [1.82, 2.24) is 10.2 Å². The van der Waals surface area contributed by atoms with E-state index in [1.54, 1.807) is 30.1 Å². The maximum atomic E-state index is 12.4. The van der Waals surface area contributed by atoms with Crippen molar-refractivity contribution in [2.24, 2.45) is 5.92 Å². The molecule has 5 nitrogen and oxygen atoms in total. The molecule has 0 unspecified atom stereocenters. The summed E-state index contributed by atoms with van der Waals surface area (Å²) in [6.45, 7) is 5.61. The monoisotopic (exact) mass is 337 g/mol. The van der Waals surface area contributed by atoms with Crippen molar-refractivity contribution in [2.45, 2.75) is 32.7 Å². The maximum absolute atomic E-state index is 12.4. The highest BCUT2D eigenvalue weighted by atomic mass is 35.5. The Morgan fingerprint density at radius 1 is 1.30 bits per heavy atom. The van der Waals surface area contributed by atoms with Crippen LogP contribution < -0.4 is 10.6 Å². The third-order valence-electron chi connectivity index (χ3n) is 4.28. The number of piperidine rings is 1. The molecule has 0 spiro atoms. The van der Waals surface area contributed by atoms with Gasteiger partial charge in [-0.2, -0.15) is 0 Å². The van der Waals surface area contributed by atoms with Crippen LogP contribution >= 0.6 is 11.6 Å². The molecular weight excluding hydrogens is 314 g/mol. The topological polar surface area (TPSA) is 61.4 Å². The van der Waals surface area contributed by atoms with Gasteiger partial charge < -0.3 is 15.5 Å². The zero-order chi connectivity index (χ0) is 17.0. The first-order valence-electron chi connectivity index (χ1n) is 7.98. The Hall–Kier alpha value is -1.59. The smallest absolute Gasteiger partial charge is 0.253 e. The molecule has 6 heteroatoms. The number of carbonyl (C=O) groups excluding carboxylic acids is 2. The lowest BCUT2D eigenvalue weighted by atomic mass is 9.97. The summed E-state index contributed by atoms with van der Waals surface area (Å²) in [7, 11) is 1.76. The number of amides is 2. The molecule has 1 aliphatic heterocycles. The van der Waals surface area contributed by atoms with Crippen LogP contribution in [0.4, 0.5) is 5.69 Å². The minimum Gasteiger partial charge on any atom is -0.339 e. The largest absolute Gasteiger partial charge is 0.339 e. The number of nitrogens with one attached hydrogen (secondary N) is 2. The fourth-order valence-corrected chi connectivity index (χ4v) is 2.68. The third kappa shape index (κ3) is 4.45. The average Bonchev–Trinajstić information content (AvgIpc) is 2.56. The summed E-state index contributed by atoms with van der Waals surface area (Å²) < 4.78 is 0. The number of benzene rings is 1. The first-order valence-corrected chi connectivity index (χ1v) is 8.36. The molecule has 2 amide bonds. The first-order chi connectivity index (χ1) is 10.9. The van der Waals surface area contributed by atoms with Crippen LogP contribution in [0.2, 0.25) is 5.02 Å². The van der Waals surface area contributed by atoms with Gasteiger partial charge in [-0.25, -0.2) is 0 Å². The van der Waals surface area contributed by atoms with E-state index in [4.69, 9.17) is 11.6 Å². The van der Waals surface area contributed by atoms with Crippen LogP contribution in [0.3, 0.4) is 0 Å². The minimum atomic E-state index is -0.0889. The summed E-state index contributed by atoms with van der Waals surface area (Å²) in [6.07, 6.45) is 1.64. The van der Waals surface area contributed by atoms with Crippen molar-refractivity contribution < 1.29 is 9.59 Å². The fraction of sp³-hybridized carbons (Fsp3) is 0.529. The summed E-state index contributed by atoms with van der Waals surface area (Å²) >= 11 is 6.17. The highest BCUT2D eigenvalue weighted by Gasteiger charge is 2.22. The van der Waals surface area contributed by atoms with Crippen LogP contribution in [0.15, 0.2) is 18.2 Å². The summed E-state index contributed by atoms with van der Waals surface area (Å²) in [5.41, 5.74) is 1.02. The van der Waals surface area contributed by atoms with E-state index in [-0.39, 0.29) is 23.8 Å². The number of carbonyl (C=O) groups is 2. The molecule has 1 saturated heterocycles. The van der Waals surface area contributed by atoms with Crippen molar-refractivity contribution in [3.8, 4) is 0 Å². The van der Waals surface area contributed by atoms with Crippen molar-refractivity contribution >= 4 is 29.1 Å². The molecular formula is C17H24ClN3O2. The van der Waals surface area contributed by atoms with E-state index in [9.17, 15) is 9.59 Å². The quantitative estimate of drug-likeness (QED) is 0.888. The van der Waals surface area contributed by atoms with Crippen molar-refractivity contribution in [2.75, 3.05) is 25.5 Å². The number of hydrogen-bond acceptors (Lipinski definition) is 3. The second kappa shape index (κ2) is 7.79. The van der Waals surface area contributed by atoms with Gasteiger partial charge in [0.15, 0.2) is 0 Å². The number of anilines is 1. The molecule has 126 valence electrons. The van der Waals surface area contributed by atoms with E-state index in [1.165, 1.54) is 0 Å². The number of halogens is 1. The van der Waals surface area contributed by atoms with E-state index in [0.29, 0.717) is 16.3 Å². The van der Waals surface area contributed by atoms with E-state index < -0.39 is 0 Å². The molecule has 0 aromatic heterocycles. The second-order valence-corrected chi connectivity index (χ2v) is 6.63. The molecule has 1 aromatic carbocycles. The Morgan fingerprint density at radius 3 is 2.57 bits per heavy atom. The van der Waals surface area contributed by atoms with Crippen molar-refractivity contribution in [3.05, 3.63) is 28.8 Å². The summed E-state index contributed by atoms with van der Waals surface area (Å²) in [5, 5.41) is 6.55. The average molecular weight is 338 g/mol. The SMILES string of the molecule is CC(C)N(C)C(=O)c1ccc(Cl)c(NC(=O)C2CCNCC2)c1. The van der Waals surface area contributed by atoms with Crippen LogP contribution in [0.1, 0.15) is 37.0 Å². The van der Waals surface area contributed by atoms with Gasteiger partial charge in [0.2, 0.25) is 5.91 Å². The molecule has 23 heavy (non-hydrogen) atoms. The number of rotatable bonds is 4. The van der Waals surface area contributed by atoms with Gasteiger partial charge >= 0.3 is 0 Å². The van der Waals surface area contributed by atoms with Gasteiger partial charge in [0, 0.05) is 24.6 Å². The van der Waals surface area contributed by atoms with Gasteiger partial charge in [0.25, 0.3) is 5.91 Å². The van der Waals surface area contributed by atoms with Gasteiger partial charge in [-0.05, 0) is 58.0 Å². The predicted molar refractivity (Wildman–Crippen MR) is 92.9 cm³/mol. The molecule has 0 aliphatic carbocycles. The molecule has 0 saturated carbocycles. The zero-order valence-corrected chi connectivity index (χ0v) is 14.6. The Bertz CT molecular complexity index is 583. The van der Waals surface area contributed by atoms with Gasteiger partial charge in [0.05, 0.1) is 10.7 Å². The molecule has 0 radical (unpaired) electrons. The lowest BCUT2D eigenvalue weighted by Gasteiger charge is -2.23. The lowest BCUT2D eigenvalue weighted by Crippen LogP contribution is -2.35. The van der Waals surface area contributed by atoms with Gasteiger partial charge in [-0.15, -0.1) is 0 Å². The van der Waals surface area contributed by atoms with Crippen LogP contribution in [0.5, 0.6) is 0 Å². The van der Waals surface area contributed by atoms with Crippen LogP contribution in [-0.4, -0.2) is 42.9 Å². The van der Waals surface area contributed by atoms with Crippen molar-refractivity contribution in [3.63, 3.8) is 0 Å². The first kappa shape index (κ1) is 17.8. The maximum Gasteiger partial charge on any atom is 0.253 e. The summed E-state index contributed by atoms with van der Waals surface area (Å²) in [4.78, 5) is 26.4. The summed E-state index contributed by atoms with van der Waals surface area (Å²) in [5.74, 6) is -0.130. The van der Waals surface area contributed by atoms with E-state index in [2.05, 4.69) is 10.6 Å². The van der Waals surface area contributed by atoms with Gasteiger partial charge in [0.1, 0.15) is 0 Å². The molecule has 0 bridgehead atoms. The Labute approximate surface area is 142 Å². The molecule has 1 aliphatic rings. The minimum absolute atomic E-state index is 0.00925. The molecule has 2 rings (SSSR count). The predicted octanol–water partition coefficient (Wildman–Crippen LogP) is 2.76. The van der Waals surface area contributed by atoms with Crippen LogP contribution in [0.25, 0.3) is 0 Å². The Balaban J connectivity index is 2.14. The molecule has 2 N–H and O–H groups in total. The number of nitrogens with zero attached hydrogens (tertiary/aromatic N) is 1. The highest BCUT2D eigenvalue weighted by Crippen LogP contribution is 2.25. The van der Waals surface area contributed by atoms with Crippen LogP contribution in [-0.2, 0) is 4.79 Å². The highest BCUT2D eigenvalue weighted by molar-refractivity contribution is 6.33. The summed E-state index contributed by atoms with van der Waals surface area (Å²) in [6, 6.07) is 5.10. The van der Waals surface area contributed by atoms with Gasteiger partial charge in [-0.1, -0.05) is 11.6 Å². The Morgan fingerprint density at radius 2 is 1.96 bits per heavy atom. The van der Waals surface area contributed by atoms with E-state index in [0.717, 1.165) is 25.9 Å². The molecule has 1 aromatic rings. The van der Waals surface area contributed by atoms with E-state index >= 15 is 0 Å². The standard InChI is InChI=1S/C17H24ClN3O2/c1-11(2)21(3)17(23)13-4-5-14(18)15(10-13)20-16(22)12-6-8-19-9-7-12/h4-5,10-12,19H,6-9H2,1-3H3,(H,20,22). The van der Waals surface area contributed by atoms with Gasteiger partial charge in [-0.3, -0.25) is 9.59 Å². The zero-order valence-electron chi connectivity index (χ0n) is 13.9. The normalized spacial score (nSPS) is 15.5. The van der Waals surface area contributed by atoms with E-state index in [1.807, 2.05) is 13.8 Å². The molecule has 0 atom stereocenters. The Kier molecular flexibility index (Phi) is 6.02. The van der Waals surface area contributed by atoms with Crippen LogP contribution in [0, 0.1) is 5.92 Å². The molecule has 1 heterocycles. The number of hydrogen-bond donors (Lipinski definition) is 2. The third-order valence-corrected chi connectivity index (χ3v) is 4.61.